The van der Waals surface area contributed by atoms with Gasteiger partial charge in [0.25, 0.3) is 5.91 Å². The maximum atomic E-state index is 12.4. The number of hydrogen-bond acceptors (Lipinski definition) is 3. The third kappa shape index (κ3) is 2.51. The molecule has 2 fully saturated rings. The van der Waals surface area contributed by atoms with Gasteiger partial charge in [0.2, 0.25) is 0 Å². The number of rotatable bonds is 2. The molecule has 2 heterocycles. The molecule has 102 valence electrons. The van der Waals surface area contributed by atoms with E-state index in [0.717, 1.165) is 12.8 Å². The Bertz CT molecular complexity index is 344. The first-order valence-corrected chi connectivity index (χ1v) is 6.65. The molecular formula is C13H21NO4. The van der Waals surface area contributed by atoms with Crippen LogP contribution in [0.15, 0.2) is 0 Å². The predicted molar refractivity (Wildman–Crippen MR) is 65.1 cm³/mol. The van der Waals surface area contributed by atoms with Crippen molar-refractivity contribution < 1.29 is 19.4 Å². The highest BCUT2D eigenvalue weighted by Crippen LogP contribution is 2.27. The molecule has 0 radical (unpaired) electrons. The van der Waals surface area contributed by atoms with E-state index in [0.29, 0.717) is 25.5 Å². The lowest BCUT2D eigenvalue weighted by Crippen LogP contribution is -2.53. The number of aliphatic carboxylic acids is 1. The van der Waals surface area contributed by atoms with Crippen molar-refractivity contribution in [1.82, 2.24) is 4.90 Å². The molecule has 1 amide bonds. The van der Waals surface area contributed by atoms with Gasteiger partial charge in [-0.1, -0.05) is 13.8 Å². The summed E-state index contributed by atoms with van der Waals surface area (Å²) in [5, 5.41) is 9.25. The first-order chi connectivity index (χ1) is 8.50. The molecule has 0 saturated carbocycles. The first kappa shape index (κ1) is 13.3. The molecule has 4 unspecified atom stereocenters. The molecule has 0 aromatic carbocycles. The summed E-state index contributed by atoms with van der Waals surface area (Å²) in [5.41, 5.74) is 0. The predicted octanol–water partition coefficient (Wildman–Crippen LogP) is 1.12. The number of carbonyl (C=O) groups is 2. The molecule has 2 saturated heterocycles. The molecule has 0 aromatic heterocycles. The molecule has 0 bridgehead atoms. The number of nitrogens with zero attached hydrogens (tertiary/aromatic N) is 1. The van der Waals surface area contributed by atoms with Crippen LogP contribution in [0.2, 0.25) is 0 Å². The number of amides is 1. The molecule has 2 rings (SSSR count). The topological polar surface area (TPSA) is 66.8 Å². The number of carboxylic acid groups (broad SMARTS) is 1. The zero-order valence-corrected chi connectivity index (χ0v) is 11.0. The van der Waals surface area contributed by atoms with Gasteiger partial charge < -0.3 is 14.7 Å². The first-order valence-electron chi connectivity index (χ1n) is 6.65. The molecule has 2 aliphatic heterocycles. The van der Waals surface area contributed by atoms with Gasteiger partial charge in [0.15, 0.2) is 0 Å². The molecule has 0 aromatic rings. The van der Waals surface area contributed by atoms with E-state index in [1.807, 2.05) is 13.8 Å². The number of likely N-dealkylation sites (tertiary alicyclic amines) is 1. The molecule has 4 atom stereocenters. The number of piperidine rings is 1. The van der Waals surface area contributed by atoms with E-state index in [4.69, 9.17) is 4.74 Å². The Morgan fingerprint density at radius 2 is 2.00 bits per heavy atom. The van der Waals surface area contributed by atoms with Crippen molar-refractivity contribution >= 4 is 11.9 Å². The summed E-state index contributed by atoms with van der Waals surface area (Å²) >= 11 is 0. The van der Waals surface area contributed by atoms with Crippen LogP contribution in [0.25, 0.3) is 0 Å². The molecular weight excluding hydrogens is 234 g/mol. The van der Waals surface area contributed by atoms with Crippen molar-refractivity contribution in [3.63, 3.8) is 0 Å². The minimum absolute atomic E-state index is 0.140. The molecule has 2 aliphatic rings. The summed E-state index contributed by atoms with van der Waals surface area (Å²) < 4.78 is 5.45. The second-order valence-electron chi connectivity index (χ2n) is 5.57. The Kier molecular flexibility index (Phi) is 3.90. The van der Waals surface area contributed by atoms with Crippen molar-refractivity contribution in [2.24, 2.45) is 11.8 Å². The van der Waals surface area contributed by atoms with E-state index in [9.17, 15) is 14.7 Å². The van der Waals surface area contributed by atoms with Crippen LogP contribution in [0.3, 0.4) is 0 Å². The SMILES string of the molecule is CC1CCN(C(=O)C2OCCC2C)C(C(=O)O)C1. The van der Waals surface area contributed by atoms with Crippen molar-refractivity contribution in [2.45, 2.75) is 45.3 Å². The molecule has 18 heavy (non-hydrogen) atoms. The maximum Gasteiger partial charge on any atom is 0.326 e. The standard InChI is InChI=1S/C13H21NO4/c1-8-3-5-14(10(7-8)13(16)17)12(15)11-9(2)4-6-18-11/h8-11H,3-7H2,1-2H3,(H,16,17). The smallest absolute Gasteiger partial charge is 0.326 e. The second kappa shape index (κ2) is 5.26. The highest BCUT2D eigenvalue weighted by molar-refractivity contribution is 5.87. The number of carbonyl (C=O) groups excluding carboxylic acids is 1. The molecule has 0 aliphatic carbocycles. The number of hydrogen-bond donors (Lipinski definition) is 1. The van der Waals surface area contributed by atoms with Crippen LogP contribution < -0.4 is 0 Å². The minimum Gasteiger partial charge on any atom is -0.480 e. The summed E-state index contributed by atoms with van der Waals surface area (Å²) in [6, 6.07) is -0.683. The third-order valence-electron chi connectivity index (χ3n) is 4.06. The molecule has 5 nitrogen and oxygen atoms in total. The van der Waals surface area contributed by atoms with E-state index in [-0.39, 0.29) is 11.8 Å². The Morgan fingerprint density at radius 3 is 2.56 bits per heavy atom. The van der Waals surface area contributed by atoms with Crippen molar-refractivity contribution in [3.05, 3.63) is 0 Å². The normalized spacial score (nSPS) is 36.7. The van der Waals surface area contributed by atoms with Crippen LogP contribution in [0.4, 0.5) is 0 Å². The number of ether oxygens (including phenoxy) is 1. The summed E-state index contributed by atoms with van der Waals surface area (Å²) in [7, 11) is 0. The summed E-state index contributed by atoms with van der Waals surface area (Å²) in [4.78, 5) is 25.2. The van der Waals surface area contributed by atoms with Crippen LogP contribution >= 0.6 is 0 Å². The lowest BCUT2D eigenvalue weighted by atomic mass is 9.91. The van der Waals surface area contributed by atoms with E-state index >= 15 is 0 Å². The lowest BCUT2D eigenvalue weighted by Gasteiger charge is -2.37. The van der Waals surface area contributed by atoms with E-state index in [1.165, 1.54) is 4.90 Å². The van der Waals surface area contributed by atoms with Crippen LogP contribution in [0.5, 0.6) is 0 Å². The summed E-state index contributed by atoms with van der Waals surface area (Å²) in [6.45, 7) is 5.15. The van der Waals surface area contributed by atoms with Gasteiger partial charge >= 0.3 is 5.97 Å². The van der Waals surface area contributed by atoms with Gasteiger partial charge in [-0.15, -0.1) is 0 Å². The van der Waals surface area contributed by atoms with Gasteiger partial charge in [-0.05, 0) is 31.1 Å². The second-order valence-corrected chi connectivity index (χ2v) is 5.57. The lowest BCUT2D eigenvalue weighted by molar-refractivity contribution is -0.158. The van der Waals surface area contributed by atoms with Crippen LogP contribution in [0, 0.1) is 11.8 Å². The quantitative estimate of drug-likeness (QED) is 0.803. The number of carboxylic acids is 1. The Hall–Kier alpha value is -1.10. The van der Waals surface area contributed by atoms with Crippen molar-refractivity contribution in [1.29, 1.82) is 0 Å². The van der Waals surface area contributed by atoms with Crippen LogP contribution in [0.1, 0.15) is 33.1 Å². The zero-order valence-electron chi connectivity index (χ0n) is 11.0. The zero-order chi connectivity index (χ0) is 13.3. The van der Waals surface area contributed by atoms with Gasteiger partial charge in [-0.2, -0.15) is 0 Å². The average Bonchev–Trinajstić information content (AvgIpc) is 2.74. The molecule has 1 N–H and O–H groups in total. The minimum atomic E-state index is -0.902. The summed E-state index contributed by atoms with van der Waals surface area (Å²) in [6.07, 6.45) is 1.84. The Balaban J connectivity index is 2.09. The van der Waals surface area contributed by atoms with Gasteiger partial charge in [0.1, 0.15) is 12.1 Å². The average molecular weight is 255 g/mol. The molecule has 5 heteroatoms. The highest BCUT2D eigenvalue weighted by atomic mass is 16.5. The molecule has 0 spiro atoms. The highest BCUT2D eigenvalue weighted by Gasteiger charge is 2.41. The largest absolute Gasteiger partial charge is 0.480 e. The van der Waals surface area contributed by atoms with Crippen LogP contribution in [-0.2, 0) is 14.3 Å². The van der Waals surface area contributed by atoms with E-state index in [2.05, 4.69) is 0 Å². The van der Waals surface area contributed by atoms with Gasteiger partial charge in [0, 0.05) is 13.2 Å². The fraction of sp³-hybridized carbons (Fsp3) is 0.846. The Labute approximate surface area is 107 Å². The Morgan fingerprint density at radius 1 is 1.28 bits per heavy atom. The van der Waals surface area contributed by atoms with Crippen molar-refractivity contribution in [2.75, 3.05) is 13.2 Å². The fourth-order valence-corrected chi connectivity index (χ4v) is 2.81. The van der Waals surface area contributed by atoms with Gasteiger partial charge in [-0.25, -0.2) is 4.79 Å². The fourth-order valence-electron chi connectivity index (χ4n) is 2.81. The van der Waals surface area contributed by atoms with Crippen LogP contribution in [-0.4, -0.2) is 47.2 Å². The summed E-state index contributed by atoms with van der Waals surface area (Å²) in [5.74, 6) is -0.497. The van der Waals surface area contributed by atoms with E-state index in [1.54, 1.807) is 0 Å². The van der Waals surface area contributed by atoms with Gasteiger partial charge in [0.05, 0.1) is 0 Å². The third-order valence-corrected chi connectivity index (χ3v) is 4.06. The van der Waals surface area contributed by atoms with Crippen molar-refractivity contribution in [3.8, 4) is 0 Å². The maximum absolute atomic E-state index is 12.4. The van der Waals surface area contributed by atoms with E-state index < -0.39 is 18.1 Å². The monoisotopic (exact) mass is 255 g/mol. The van der Waals surface area contributed by atoms with Gasteiger partial charge in [-0.3, -0.25) is 4.79 Å².